The van der Waals surface area contributed by atoms with E-state index in [0.717, 1.165) is 19.6 Å². The lowest BCUT2D eigenvalue weighted by molar-refractivity contribution is -0.897. The molecule has 0 radical (unpaired) electrons. The fraction of sp³-hybridized carbons (Fsp3) is 0.467. The molecule has 122 valence electrons. The van der Waals surface area contributed by atoms with Gasteiger partial charge < -0.3 is 14.4 Å². The molecule has 1 aromatic carbocycles. The molecular weight excluding hydrogens is 304 g/mol. The Kier molecular flexibility index (Phi) is 5.44. The van der Waals surface area contributed by atoms with Crippen molar-refractivity contribution in [2.24, 2.45) is 0 Å². The van der Waals surface area contributed by atoms with Gasteiger partial charge >= 0.3 is 0 Å². The van der Waals surface area contributed by atoms with Crippen LogP contribution in [0.5, 0.6) is 11.5 Å². The van der Waals surface area contributed by atoms with E-state index in [2.05, 4.69) is 6.58 Å². The molecule has 0 unspecified atom stereocenters. The van der Waals surface area contributed by atoms with Gasteiger partial charge in [-0.05, 0) is 18.2 Å². The highest BCUT2D eigenvalue weighted by molar-refractivity contribution is 7.89. The van der Waals surface area contributed by atoms with Gasteiger partial charge in [0.15, 0.2) is 0 Å². The van der Waals surface area contributed by atoms with Crippen molar-refractivity contribution in [3.05, 3.63) is 30.9 Å². The lowest BCUT2D eigenvalue weighted by atomic mass is 10.3. The van der Waals surface area contributed by atoms with E-state index in [4.69, 9.17) is 9.47 Å². The molecule has 1 saturated heterocycles. The van der Waals surface area contributed by atoms with Crippen molar-refractivity contribution in [3.63, 3.8) is 0 Å². The Morgan fingerprint density at radius 2 is 1.95 bits per heavy atom. The quantitative estimate of drug-likeness (QED) is 0.734. The minimum absolute atomic E-state index is 0.154. The molecular formula is C15H23N2O4S+. The summed E-state index contributed by atoms with van der Waals surface area (Å²) in [6.07, 6.45) is 1.87. The van der Waals surface area contributed by atoms with Crippen LogP contribution in [0.3, 0.4) is 0 Å². The summed E-state index contributed by atoms with van der Waals surface area (Å²) in [7, 11) is -0.612. The van der Waals surface area contributed by atoms with Crippen LogP contribution >= 0.6 is 0 Å². The SMILES string of the molecule is C=CC[NH+]1CCN(S(=O)(=O)c2cc(OC)ccc2OC)CC1. The number of nitrogens with zero attached hydrogens (tertiary/aromatic N) is 1. The summed E-state index contributed by atoms with van der Waals surface area (Å²) in [5.41, 5.74) is 0. The van der Waals surface area contributed by atoms with Crippen LogP contribution in [0.2, 0.25) is 0 Å². The smallest absolute Gasteiger partial charge is 0.247 e. The van der Waals surface area contributed by atoms with E-state index >= 15 is 0 Å². The lowest BCUT2D eigenvalue weighted by Crippen LogP contribution is -3.14. The van der Waals surface area contributed by atoms with Crippen molar-refractivity contribution >= 4 is 10.0 Å². The highest BCUT2D eigenvalue weighted by Gasteiger charge is 2.32. The standard InChI is InChI=1S/C15H22N2O4S/c1-4-7-16-8-10-17(11-9-16)22(18,19)15-12-13(20-2)5-6-14(15)21-3/h4-6,12H,1,7-11H2,2-3H3/p+1. The van der Waals surface area contributed by atoms with Gasteiger partial charge in [-0.15, -0.1) is 0 Å². The van der Waals surface area contributed by atoms with Crippen LogP contribution in [-0.2, 0) is 10.0 Å². The topological polar surface area (TPSA) is 60.3 Å². The summed E-state index contributed by atoms with van der Waals surface area (Å²) in [6, 6.07) is 4.81. The van der Waals surface area contributed by atoms with Gasteiger partial charge in [-0.3, -0.25) is 0 Å². The zero-order valence-corrected chi connectivity index (χ0v) is 13.9. The Morgan fingerprint density at radius 1 is 1.27 bits per heavy atom. The van der Waals surface area contributed by atoms with Crippen molar-refractivity contribution in [1.29, 1.82) is 0 Å². The fourth-order valence-corrected chi connectivity index (χ4v) is 4.19. The van der Waals surface area contributed by atoms with Gasteiger partial charge in [0.05, 0.1) is 46.9 Å². The second-order valence-electron chi connectivity index (χ2n) is 5.16. The van der Waals surface area contributed by atoms with E-state index in [1.54, 1.807) is 12.1 Å². The van der Waals surface area contributed by atoms with Gasteiger partial charge in [0.2, 0.25) is 10.0 Å². The zero-order chi connectivity index (χ0) is 16.2. The molecule has 1 aromatic rings. The van der Waals surface area contributed by atoms with Gasteiger partial charge in [-0.25, -0.2) is 8.42 Å². The van der Waals surface area contributed by atoms with Gasteiger partial charge in [0, 0.05) is 6.07 Å². The predicted molar refractivity (Wildman–Crippen MR) is 84.1 cm³/mol. The van der Waals surface area contributed by atoms with Gasteiger partial charge in [-0.2, -0.15) is 4.31 Å². The molecule has 0 amide bonds. The molecule has 1 aliphatic heterocycles. The Balaban J connectivity index is 2.25. The molecule has 0 aliphatic carbocycles. The van der Waals surface area contributed by atoms with Crippen molar-refractivity contribution in [1.82, 2.24) is 4.31 Å². The maximum Gasteiger partial charge on any atom is 0.247 e. The van der Waals surface area contributed by atoms with E-state index in [1.807, 2.05) is 6.08 Å². The molecule has 7 heteroatoms. The number of nitrogens with one attached hydrogen (secondary N) is 1. The summed E-state index contributed by atoms with van der Waals surface area (Å²) in [6.45, 7) is 7.12. The van der Waals surface area contributed by atoms with Crippen LogP contribution in [-0.4, -0.2) is 59.7 Å². The number of ether oxygens (including phenoxy) is 2. The summed E-state index contributed by atoms with van der Waals surface area (Å²) in [4.78, 5) is 1.50. The van der Waals surface area contributed by atoms with Crippen LogP contribution in [0.25, 0.3) is 0 Å². The zero-order valence-electron chi connectivity index (χ0n) is 13.0. The molecule has 0 saturated carbocycles. The average molecular weight is 327 g/mol. The first kappa shape index (κ1) is 16.8. The third-order valence-corrected chi connectivity index (χ3v) is 5.77. The number of sulfonamides is 1. The molecule has 6 nitrogen and oxygen atoms in total. The molecule has 1 aliphatic rings. The van der Waals surface area contributed by atoms with E-state index < -0.39 is 10.0 Å². The largest absolute Gasteiger partial charge is 0.497 e. The summed E-state index contributed by atoms with van der Waals surface area (Å²) < 4.78 is 37.6. The van der Waals surface area contributed by atoms with E-state index in [0.29, 0.717) is 24.6 Å². The summed E-state index contributed by atoms with van der Waals surface area (Å²) in [5.74, 6) is 0.831. The molecule has 0 bridgehead atoms. The highest BCUT2D eigenvalue weighted by atomic mass is 32.2. The van der Waals surface area contributed by atoms with Gasteiger partial charge in [0.25, 0.3) is 0 Å². The predicted octanol–water partition coefficient (Wildman–Crippen LogP) is -0.221. The summed E-state index contributed by atoms with van der Waals surface area (Å²) in [5, 5.41) is 0. The lowest BCUT2D eigenvalue weighted by Gasteiger charge is -2.31. The van der Waals surface area contributed by atoms with E-state index in [1.165, 1.54) is 29.5 Å². The van der Waals surface area contributed by atoms with Crippen LogP contribution in [0, 0.1) is 0 Å². The normalized spacial score (nSPS) is 17.2. The third-order valence-electron chi connectivity index (χ3n) is 3.85. The molecule has 0 atom stereocenters. The van der Waals surface area contributed by atoms with Crippen LogP contribution < -0.4 is 14.4 Å². The number of benzene rings is 1. The van der Waals surface area contributed by atoms with Crippen molar-refractivity contribution < 1.29 is 22.8 Å². The van der Waals surface area contributed by atoms with Crippen LogP contribution in [0.15, 0.2) is 35.7 Å². The number of hydrogen-bond acceptors (Lipinski definition) is 4. The van der Waals surface area contributed by atoms with Gasteiger partial charge in [0.1, 0.15) is 16.4 Å². The van der Waals surface area contributed by atoms with Crippen molar-refractivity contribution in [3.8, 4) is 11.5 Å². The van der Waals surface area contributed by atoms with Crippen LogP contribution in [0.1, 0.15) is 0 Å². The second-order valence-corrected chi connectivity index (χ2v) is 7.07. The Labute approximate surface area is 132 Å². The van der Waals surface area contributed by atoms with Crippen molar-refractivity contribution in [2.45, 2.75) is 4.90 Å². The molecule has 1 heterocycles. The maximum atomic E-state index is 12.9. The Hall–Kier alpha value is -1.57. The number of piperazine rings is 1. The monoisotopic (exact) mass is 327 g/mol. The number of hydrogen-bond donors (Lipinski definition) is 1. The molecule has 2 rings (SSSR count). The molecule has 0 spiro atoms. The summed E-state index contributed by atoms with van der Waals surface area (Å²) >= 11 is 0. The molecule has 1 N–H and O–H groups in total. The molecule has 0 aromatic heterocycles. The second kappa shape index (κ2) is 7.13. The van der Waals surface area contributed by atoms with Crippen LogP contribution in [0.4, 0.5) is 0 Å². The first-order valence-electron chi connectivity index (χ1n) is 7.19. The first-order valence-corrected chi connectivity index (χ1v) is 8.63. The first-order chi connectivity index (χ1) is 10.5. The Bertz CT molecular complexity index is 622. The number of methoxy groups -OCH3 is 2. The Morgan fingerprint density at radius 3 is 2.50 bits per heavy atom. The third kappa shape index (κ3) is 3.43. The highest BCUT2D eigenvalue weighted by Crippen LogP contribution is 2.30. The van der Waals surface area contributed by atoms with Crippen molar-refractivity contribution in [2.75, 3.05) is 46.9 Å². The molecule has 22 heavy (non-hydrogen) atoms. The van der Waals surface area contributed by atoms with Gasteiger partial charge in [-0.1, -0.05) is 6.58 Å². The molecule has 1 fully saturated rings. The average Bonchev–Trinajstić information content (AvgIpc) is 2.55. The minimum Gasteiger partial charge on any atom is -0.497 e. The fourth-order valence-electron chi connectivity index (χ4n) is 2.58. The number of quaternary nitrogens is 1. The number of rotatable bonds is 6. The maximum absolute atomic E-state index is 12.9. The van der Waals surface area contributed by atoms with E-state index in [9.17, 15) is 8.42 Å². The minimum atomic E-state index is -3.59. The van der Waals surface area contributed by atoms with E-state index in [-0.39, 0.29) is 4.90 Å².